The van der Waals surface area contributed by atoms with E-state index in [2.05, 4.69) is 11.7 Å². The van der Waals surface area contributed by atoms with E-state index < -0.39 is 6.36 Å². The molecule has 2 N–H and O–H groups in total. The normalized spacial score (nSPS) is 25.2. The third-order valence-electron chi connectivity index (χ3n) is 3.98. The zero-order valence-corrected chi connectivity index (χ0v) is 11.5. The maximum absolute atomic E-state index is 12.1. The monoisotopic (exact) mass is 287 g/mol. The van der Waals surface area contributed by atoms with Gasteiger partial charge in [0.25, 0.3) is 0 Å². The SMILES string of the molecule is CC1CCCC(C(N)c2ccc(OC(F)(F)F)cc2)C1. The first kappa shape index (κ1) is 15.2. The van der Waals surface area contributed by atoms with Crippen molar-refractivity contribution in [2.24, 2.45) is 17.6 Å². The van der Waals surface area contributed by atoms with E-state index in [0.717, 1.165) is 18.4 Å². The third-order valence-corrected chi connectivity index (χ3v) is 3.98. The second-order valence-corrected chi connectivity index (χ2v) is 5.67. The first-order valence-electron chi connectivity index (χ1n) is 6.96. The molecule has 1 aromatic carbocycles. The van der Waals surface area contributed by atoms with Crippen LogP contribution in [-0.2, 0) is 0 Å². The van der Waals surface area contributed by atoms with Gasteiger partial charge < -0.3 is 10.5 Å². The second-order valence-electron chi connectivity index (χ2n) is 5.67. The fraction of sp³-hybridized carbons (Fsp3) is 0.600. The molecule has 1 aliphatic carbocycles. The summed E-state index contributed by atoms with van der Waals surface area (Å²) < 4.78 is 40.1. The molecule has 0 aromatic heterocycles. The van der Waals surface area contributed by atoms with Gasteiger partial charge in [0.05, 0.1) is 0 Å². The summed E-state index contributed by atoms with van der Waals surface area (Å²) in [7, 11) is 0. The Kier molecular flexibility index (Phi) is 4.58. The van der Waals surface area contributed by atoms with Gasteiger partial charge in [0, 0.05) is 6.04 Å². The van der Waals surface area contributed by atoms with Crippen LogP contribution in [0, 0.1) is 11.8 Å². The Morgan fingerprint density at radius 1 is 1.20 bits per heavy atom. The number of rotatable bonds is 3. The molecule has 1 fully saturated rings. The number of alkyl halides is 3. The van der Waals surface area contributed by atoms with Gasteiger partial charge in [-0.15, -0.1) is 13.2 Å². The fourth-order valence-electron chi connectivity index (χ4n) is 2.97. The van der Waals surface area contributed by atoms with E-state index in [1.54, 1.807) is 12.1 Å². The van der Waals surface area contributed by atoms with Crippen molar-refractivity contribution in [1.82, 2.24) is 0 Å². The molecule has 0 amide bonds. The zero-order chi connectivity index (χ0) is 14.8. The molecule has 20 heavy (non-hydrogen) atoms. The van der Waals surface area contributed by atoms with Crippen LogP contribution >= 0.6 is 0 Å². The van der Waals surface area contributed by atoms with E-state index in [0.29, 0.717) is 11.8 Å². The van der Waals surface area contributed by atoms with Crippen molar-refractivity contribution in [3.05, 3.63) is 29.8 Å². The highest BCUT2D eigenvalue weighted by atomic mass is 19.4. The van der Waals surface area contributed by atoms with Crippen LogP contribution in [0.3, 0.4) is 0 Å². The van der Waals surface area contributed by atoms with Gasteiger partial charge in [-0.05, 0) is 42.4 Å². The molecule has 3 atom stereocenters. The highest BCUT2D eigenvalue weighted by Gasteiger charge is 2.31. The van der Waals surface area contributed by atoms with Crippen LogP contribution < -0.4 is 10.5 Å². The topological polar surface area (TPSA) is 35.2 Å². The standard InChI is InChI=1S/C15H20F3NO/c1-10-3-2-4-12(9-10)14(19)11-5-7-13(8-6-11)20-15(16,17)18/h5-8,10,12,14H,2-4,9,19H2,1H3. The van der Waals surface area contributed by atoms with Crippen LogP contribution in [0.1, 0.15) is 44.2 Å². The average molecular weight is 287 g/mol. The zero-order valence-electron chi connectivity index (χ0n) is 11.5. The number of hydrogen-bond acceptors (Lipinski definition) is 2. The predicted molar refractivity (Wildman–Crippen MR) is 71.2 cm³/mol. The lowest BCUT2D eigenvalue weighted by Gasteiger charge is -2.31. The van der Waals surface area contributed by atoms with Crippen molar-refractivity contribution in [3.8, 4) is 5.75 Å². The highest BCUT2D eigenvalue weighted by molar-refractivity contribution is 5.29. The summed E-state index contributed by atoms with van der Waals surface area (Å²) in [6.45, 7) is 2.22. The highest BCUT2D eigenvalue weighted by Crippen LogP contribution is 2.36. The van der Waals surface area contributed by atoms with Gasteiger partial charge in [0.2, 0.25) is 0 Å². The molecule has 0 heterocycles. The van der Waals surface area contributed by atoms with Crippen molar-refractivity contribution in [1.29, 1.82) is 0 Å². The Bertz CT molecular complexity index is 430. The molecule has 2 nitrogen and oxygen atoms in total. The van der Waals surface area contributed by atoms with E-state index in [1.807, 2.05) is 0 Å². The second kappa shape index (κ2) is 6.04. The first-order valence-corrected chi connectivity index (χ1v) is 6.96. The van der Waals surface area contributed by atoms with Crippen LogP contribution in [0.5, 0.6) is 5.75 Å². The lowest BCUT2D eigenvalue weighted by Crippen LogP contribution is -2.26. The van der Waals surface area contributed by atoms with E-state index in [4.69, 9.17) is 5.73 Å². The molecule has 112 valence electrons. The average Bonchev–Trinajstić information content (AvgIpc) is 2.37. The summed E-state index contributed by atoms with van der Waals surface area (Å²) in [5.74, 6) is 0.881. The quantitative estimate of drug-likeness (QED) is 0.893. The molecule has 0 radical (unpaired) electrons. The lowest BCUT2D eigenvalue weighted by atomic mass is 9.77. The molecular formula is C15H20F3NO. The minimum atomic E-state index is -4.65. The fourth-order valence-corrected chi connectivity index (χ4v) is 2.97. The van der Waals surface area contributed by atoms with Gasteiger partial charge in [0.15, 0.2) is 0 Å². The Balaban J connectivity index is 2.01. The van der Waals surface area contributed by atoms with Crippen molar-refractivity contribution in [2.45, 2.75) is 45.0 Å². The van der Waals surface area contributed by atoms with E-state index in [9.17, 15) is 13.2 Å². The number of benzene rings is 1. The molecule has 0 spiro atoms. The first-order chi connectivity index (χ1) is 9.35. The Morgan fingerprint density at radius 2 is 1.85 bits per heavy atom. The van der Waals surface area contributed by atoms with E-state index in [1.165, 1.54) is 25.0 Å². The van der Waals surface area contributed by atoms with Gasteiger partial charge in [-0.1, -0.05) is 31.9 Å². The summed E-state index contributed by atoms with van der Waals surface area (Å²) in [6, 6.07) is 5.80. The van der Waals surface area contributed by atoms with Gasteiger partial charge in [-0.2, -0.15) is 0 Å². The van der Waals surface area contributed by atoms with Gasteiger partial charge >= 0.3 is 6.36 Å². The molecular weight excluding hydrogens is 267 g/mol. The molecule has 3 unspecified atom stereocenters. The molecule has 0 saturated heterocycles. The number of hydrogen-bond donors (Lipinski definition) is 1. The molecule has 1 aliphatic rings. The minimum Gasteiger partial charge on any atom is -0.406 e. The lowest BCUT2D eigenvalue weighted by molar-refractivity contribution is -0.274. The predicted octanol–water partition coefficient (Wildman–Crippen LogP) is 4.41. The molecule has 0 aliphatic heterocycles. The Labute approximate surface area is 117 Å². The molecule has 0 bridgehead atoms. The van der Waals surface area contributed by atoms with Crippen LogP contribution in [0.25, 0.3) is 0 Å². The number of halogens is 3. The summed E-state index contributed by atoms with van der Waals surface area (Å²) >= 11 is 0. The molecule has 1 aromatic rings. The van der Waals surface area contributed by atoms with E-state index in [-0.39, 0.29) is 11.8 Å². The van der Waals surface area contributed by atoms with Crippen LogP contribution in [-0.4, -0.2) is 6.36 Å². The van der Waals surface area contributed by atoms with E-state index >= 15 is 0 Å². The van der Waals surface area contributed by atoms with Crippen LogP contribution in [0.4, 0.5) is 13.2 Å². The molecule has 1 saturated carbocycles. The Morgan fingerprint density at radius 3 is 2.40 bits per heavy atom. The minimum absolute atomic E-state index is 0.113. The largest absolute Gasteiger partial charge is 0.573 e. The van der Waals surface area contributed by atoms with Crippen LogP contribution in [0.15, 0.2) is 24.3 Å². The van der Waals surface area contributed by atoms with Gasteiger partial charge in [0.1, 0.15) is 5.75 Å². The number of nitrogens with two attached hydrogens (primary N) is 1. The van der Waals surface area contributed by atoms with Crippen molar-refractivity contribution >= 4 is 0 Å². The third kappa shape index (κ3) is 4.13. The maximum atomic E-state index is 12.1. The number of ether oxygens (including phenoxy) is 1. The summed E-state index contributed by atoms with van der Waals surface area (Å²) in [5, 5.41) is 0. The Hall–Kier alpha value is -1.23. The van der Waals surface area contributed by atoms with Crippen molar-refractivity contribution < 1.29 is 17.9 Å². The molecule has 2 rings (SSSR count). The summed E-state index contributed by atoms with van der Waals surface area (Å²) in [5.41, 5.74) is 7.12. The van der Waals surface area contributed by atoms with Crippen molar-refractivity contribution in [2.75, 3.05) is 0 Å². The maximum Gasteiger partial charge on any atom is 0.573 e. The van der Waals surface area contributed by atoms with Gasteiger partial charge in [-0.25, -0.2) is 0 Å². The smallest absolute Gasteiger partial charge is 0.406 e. The van der Waals surface area contributed by atoms with Gasteiger partial charge in [-0.3, -0.25) is 0 Å². The molecule has 5 heteroatoms. The summed E-state index contributed by atoms with van der Waals surface area (Å²) in [4.78, 5) is 0. The summed E-state index contributed by atoms with van der Waals surface area (Å²) in [6.07, 6.45) is -0.0624. The van der Waals surface area contributed by atoms with Crippen molar-refractivity contribution in [3.63, 3.8) is 0 Å². The van der Waals surface area contributed by atoms with Crippen LogP contribution in [0.2, 0.25) is 0 Å².